The molecule has 11 heteroatoms. The van der Waals surface area contributed by atoms with Crippen LogP contribution in [0.3, 0.4) is 0 Å². The fourth-order valence-electron chi connectivity index (χ4n) is 3.95. The summed E-state index contributed by atoms with van der Waals surface area (Å²) in [6, 6.07) is 18.8. The van der Waals surface area contributed by atoms with Gasteiger partial charge in [0, 0.05) is 16.6 Å². The van der Waals surface area contributed by atoms with Gasteiger partial charge in [0.15, 0.2) is 0 Å². The van der Waals surface area contributed by atoms with Crippen molar-refractivity contribution in [1.29, 1.82) is 0 Å². The van der Waals surface area contributed by atoms with Crippen LogP contribution < -0.4 is 14.4 Å². The van der Waals surface area contributed by atoms with E-state index in [1.165, 1.54) is 42.3 Å². The first kappa shape index (κ1) is 31.4. The highest BCUT2D eigenvalue weighted by molar-refractivity contribution is 9.10. The lowest BCUT2D eigenvalue weighted by atomic mass is 10.1. The molecule has 0 unspecified atom stereocenters. The molecule has 0 aliphatic carbocycles. The van der Waals surface area contributed by atoms with Gasteiger partial charge in [0.25, 0.3) is 10.0 Å². The monoisotopic (exact) mass is 649 g/mol. The maximum Gasteiger partial charge on any atom is 0.264 e. The second-order valence-electron chi connectivity index (χ2n) is 10.2. The van der Waals surface area contributed by atoms with Crippen LogP contribution in [-0.4, -0.2) is 50.4 Å². The number of anilines is 1. The number of amides is 2. The second-order valence-corrected chi connectivity index (χ2v) is 13.4. The van der Waals surface area contributed by atoms with Crippen molar-refractivity contribution >= 4 is 55.1 Å². The van der Waals surface area contributed by atoms with E-state index in [2.05, 4.69) is 21.2 Å². The average Bonchev–Trinajstić information content (AvgIpc) is 2.89. The van der Waals surface area contributed by atoms with Gasteiger partial charge in [-0.25, -0.2) is 8.42 Å². The van der Waals surface area contributed by atoms with E-state index in [0.717, 1.165) is 14.3 Å². The molecule has 214 valence electrons. The van der Waals surface area contributed by atoms with E-state index in [4.69, 9.17) is 16.3 Å². The first-order valence-corrected chi connectivity index (χ1v) is 15.1. The lowest BCUT2D eigenvalue weighted by molar-refractivity contribution is -0.140. The lowest BCUT2D eigenvalue weighted by Gasteiger charge is -2.33. The van der Waals surface area contributed by atoms with Gasteiger partial charge in [-0.3, -0.25) is 13.9 Å². The number of rotatable bonds is 10. The van der Waals surface area contributed by atoms with Gasteiger partial charge in [0.05, 0.1) is 22.7 Å². The standard InChI is InChI=1S/C29H33BrClN3O5S/c1-20(28(36)32-29(2,3)4)33(18-21-10-9-11-22(30)16-21)27(35)19-34(23-14-15-26(39-5)25(31)17-23)40(37,38)24-12-7-6-8-13-24/h6-17,20H,18-19H2,1-5H3,(H,32,36)/t20-/m1/s1. The first-order valence-electron chi connectivity index (χ1n) is 12.5. The zero-order valence-electron chi connectivity index (χ0n) is 23.0. The van der Waals surface area contributed by atoms with Gasteiger partial charge in [-0.1, -0.05) is 57.9 Å². The topological polar surface area (TPSA) is 96.0 Å². The van der Waals surface area contributed by atoms with Crippen LogP contribution in [0.5, 0.6) is 5.75 Å². The quantitative estimate of drug-likeness (QED) is 0.307. The van der Waals surface area contributed by atoms with Crippen LogP contribution in [0.1, 0.15) is 33.3 Å². The molecule has 0 fully saturated rings. The van der Waals surface area contributed by atoms with Gasteiger partial charge in [-0.2, -0.15) is 0 Å². The van der Waals surface area contributed by atoms with Crippen molar-refractivity contribution in [1.82, 2.24) is 10.2 Å². The summed E-state index contributed by atoms with van der Waals surface area (Å²) in [4.78, 5) is 28.5. The van der Waals surface area contributed by atoms with Crippen molar-refractivity contribution in [2.45, 2.75) is 50.7 Å². The van der Waals surface area contributed by atoms with Gasteiger partial charge in [0.1, 0.15) is 18.3 Å². The van der Waals surface area contributed by atoms with E-state index >= 15 is 0 Å². The predicted octanol–water partition coefficient (Wildman–Crippen LogP) is 5.64. The van der Waals surface area contributed by atoms with Gasteiger partial charge < -0.3 is 15.0 Å². The summed E-state index contributed by atoms with van der Waals surface area (Å²) in [5.74, 6) is -0.568. The summed E-state index contributed by atoms with van der Waals surface area (Å²) in [7, 11) is -2.74. The average molecular weight is 651 g/mol. The minimum Gasteiger partial charge on any atom is -0.495 e. The Bertz CT molecular complexity index is 1460. The minimum absolute atomic E-state index is 0.00630. The third-order valence-electron chi connectivity index (χ3n) is 5.94. The maximum atomic E-state index is 14.0. The van der Waals surface area contributed by atoms with Crippen LogP contribution in [0, 0.1) is 0 Å². The fourth-order valence-corrected chi connectivity index (χ4v) is 6.07. The van der Waals surface area contributed by atoms with Gasteiger partial charge in [0.2, 0.25) is 11.8 Å². The molecule has 0 saturated carbocycles. The summed E-state index contributed by atoms with van der Waals surface area (Å²) >= 11 is 9.79. The number of hydrogen-bond acceptors (Lipinski definition) is 5. The molecule has 3 rings (SSSR count). The second kappa shape index (κ2) is 13.1. The van der Waals surface area contributed by atoms with Crippen LogP contribution in [0.4, 0.5) is 5.69 Å². The molecule has 40 heavy (non-hydrogen) atoms. The number of carbonyl (C=O) groups excluding carboxylic acids is 2. The zero-order chi connectivity index (χ0) is 29.7. The highest BCUT2D eigenvalue weighted by Crippen LogP contribution is 2.32. The van der Waals surface area contributed by atoms with Gasteiger partial charge in [-0.05, 0) is 75.7 Å². The molecule has 1 N–H and O–H groups in total. The van der Waals surface area contributed by atoms with Crippen LogP contribution in [0.15, 0.2) is 82.2 Å². The summed E-state index contributed by atoms with van der Waals surface area (Å²) in [5.41, 5.74) is 0.415. The first-order chi connectivity index (χ1) is 18.7. The lowest BCUT2D eigenvalue weighted by Crippen LogP contribution is -2.54. The van der Waals surface area contributed by atoms with Gasteiger partial charge in [-0.15, -0.1) is 0 Å². The van der Waals surface area contributed by atoms with Crippen LogP contribution in [0.25, 0.3) is 0 Å². The van der Waals surface area contributed by atoms with E-state index in [1.807, 2.05) is 45.0 Å². The molecule has 3 aromatic carbocycles. The summed E-state index contributed by atoms with van der Waals surface area (Å²) in [6.07, 6.45) is 0. The molecule has 0 aliphatic heterocycles. The van der Waals surface area contributed by atoms with Crippen molar-refractivity contribution < 1.29 is 22.7 Å². The Balaban J connectivity index is 2.06. The van der Waals surface area contributed by atoms with E-state index in [9.17, 15) is 18.0 Å². The Hall–Kier alpha value is -3.08. The number of nitrogens with one attached hydrogen (secondary N) is 1. The minimum atomic E-state index is -4.20. The Morgan fingerprint density at radius 3 is 2.27 bits per heavy atom. The number of ether oxygens (including phenoxy) is 1. The third kappa shape index (κ3) is 7.99. The molecule has 0 bridgehead atoms. The zero-order valence-corrected chi connectivity index (χ0v) is 26.2. The van der Waals surface area contributed by atoms with E-state index < -0.39 is 34.1 Å². The van der Waals surface area contributed by atoms with Crippen molar-refractivity contribution in [3.63, 3.8) is 0 Å². The van der Waals surface area contributed by atoms with Gasteiger partial charge >= 0.3 is 0 Å². The molecule has 0 saturated heterocycles. The number of hydrogen-bond donors (Lipinski definition) is 1. The van der Waals surface area contributed by atoms with Crippen LogP contribution in [-0.2, 0) is 26.2 Å². The Morgan fingerprint density at radius 1 is 1.02 bits per heavy atom. The molecule has 0 spiro atoms. The van der Waals surface area contributed by atoms with E-state index in [-0.39, 0.29) is 28.1 Å². The van der Waals surface area contributed by atoms with E-state index in [1.54, 1.807) is 25.1 Å². The molecule has 8 nitrogen and oxygen atoms in total. The molecule has 3 aromatic rings. The Kier molecular flexibility index (Phi) is 10.3. The third-order valence-corrected chi connectivity index (χ3v) is 8.52. The number of sulfonamides is 1. The SMILES string of the molecule is COc1ccc(N(CC(=O)N(Cc2cccc(Br)c2)[C@H](C)C(=O)NC(C)(C)C)S(=O)(=O)c2ccccc2)cc1Cl. The van der Waals surface area contributed by atoms with Crippen molar-refractivity contribution in [2.24, 2.45) is 0 Å². The predicted molar refractivity (Wildman–Crippen MR) is 161 cm³/mol. The highest BCUT2D eigenvalue weighted by atomic mass is 79.9. The number of nitrogens with zero attached hydrogens (tertiary/aromatic N) is 2. The van der Waals surface area contributed by atoms with Crippen molar-refractivity contribution in [3.05, 3.63) is 87.9 Å². The highest BCUT2D eigenvalue weighted by Gasteiger charge is 2.33. The molecular formula is C29H33BrClN3O5S. The van der Waals surface area contributed by atoms with Crippen LogP contribution >= 0.6 is 27.5 Å². The van der Waals surface area contributed by atoms with Crippen LogP contribution in [0.2, 0.25) is 5.02 Å². The number of halogens is 2. The fraction of sp³-hybridized carbons (Fsp3) is 0.310. The molecule has 1 atom stereocenters. The molecule has 0 aromatic heterocycles. The summed E-state index contributed by atoms with van der Waals surface area (Å²) in [6.45, 7) is 6.68. The molecule has 0 aliphatic rings. The molecular weight excluding hydrogens is 618 g/mol. The van der Waals surface area contributed by atoms with E-state index in [0.29, 0.717) is 5.75 Å². The largest absolute Gasteiger partial charge is 0.495 e. The van der Waals surface area contributed by atoms with Crippen molar-refractivity contribution in [2.75, 3.05) is 18.0 Å². The number of benzene rings is 3. The Labute approximate surface area is 249 Å². The number of carbonyl (C=O) groups is 2. The molecule has 0 radical (unpaired) electrons. The summed E-state index contributed by atoms with van der Waals surface area (Å²) in [5, 5.41) is 3.09. The maximum absolute atomic E-state index is 14.0. The molecule has 0 heterocycles. The van der Waals surface area contributed by atoms with Crippen molar-refractivity contribution in [3.8, 4) is 5.75 Å². The number of methoxy groups -OCH3 is 1. The molecule has 2 amide bonds. The summed E-state index contributed by atoms with van der Waals surface area (Å²) < 4.78 is 34.7. The smallest absolute Gasteiger partial charge is 0.264 e. The Morgan fingerprint density at radius 2 is 1.70 bits per heavy atom. The normalized spacial score (nSPS) is 12.4.